The van der Waals surface area contributed by atoms with E-state index in [1.54, 1.807) is 12.1 Å². The van der Waals surface area contributed by atoms with Crippen LogP contribution in [-0.2, 0) is 27.3 Å². The number of methoxy groups -OCH3 is 1. The van der Waals surface area contributed by atoms with E-state index in [1.165, 1.54) is 25.3 Å². The molecule has 5 rings (SSSR count). The summed E-state index contributed by atoms with van der Waals surface area (Å²) in [4.78, 5) is 18.3. The van der Waals surface area contributed by atoms with Gasteiger partial charge in [0.25, 0.3) is 0 Å². The number of rotatable bonds is 6. The number of hydrogen-bond acceptors (Lipinski definition) is 6. The Hall–Kier alpha value is -3.02. The molecule has 0 aliphatic carbocycles. The maximum Gasteiger partial charge on any atom is 0.416 e. The van der Waals surface area contributed by atoms with Gasteiger partial charge in [0.05, 0.1) is 53.5 Å². The van der Waals surface area contributed by atoms with Crippen LogP contribution in [0.15, 0.2) is 47.4 Å². The fraction of sp³-hybridized carbons (Fsp3) is 0.467. The summed E-state index contributed by atoms with van der Waals surface area (Å²) in [5, 5.41) is 3.83. The molecule has 2 aliphatic heterocycles. The Morgan fingerprint density at radius 2 is 1.78 bits per heavy atom. The normalized spacial score (nSPS) is 18.4. The van der Waals surface area contributed by atoms with Crippen molar-refractivity contribution in [2.75, 3.05) is 39.5 Å². The largest absolute Gasteiger partial charge is 0.465 e. The van der Waals surface area contributed by atoms with Crippen LogP contribution in [0.2, 0.25) is 0 Å². The second-order valence-electron chi connectivity index (χ2n) is 11.2. The first-order chi connectivity index (χ1) is 19.4. The Kier molecular flexibility index (Phi) is 8.15. The minimum absolute atomic E-state index is 0.00490. The summed E-state index contributed by atoms with van der Waals surface area (Å²) >= 11 is 0. The van der Waals surface area contributed by atoms with E-state index >= 15 is 0 Å². The number of benzene rings is 2. The maximum absolute atomic E-state index is 13.8. The predicted molar refractivity (Wildman–Crippen MR) is 150 cm³/mol. The van der Waals surface area contributed by atoms with Crippen LogP contribution in [0.4, 0.5) is 13.2 Å². The Labute approximate surface area is 238 Å². The molecule has 2 aromatic carbocycles. The molecule has 3 aromatic rings. The smallest absolute Gasteiger partial charge is 0.416 e. The van der Waals surface area contributed by atoms with E-state index in [0.717, 1.165) is 81.2 Å². The number of pyridine rings is 1. The van der Waals surface area contributed by atoms with E-state index in [9.17, 15) is 26.4 Å². The molecule has 2 fully saturated rings. The molecule has 0 bridgehead atoms. The lowest BCUT2D eigenvalue weighted by Crippen LogP contribution is -2.60. The van der Waals surface area contributed by atoms with E-state index in [-0.39, 0.29) is 27.2 Å². The molecule has 41 heavy (non-hydrogen) atoms. The van der Waals surface area contributed by atoms with Crippen LogP contribution in [0, 0.1) is 0 Å². The van der Waals surface area contributed by atoms with Gasteiger partial charge in [-0.1, -0.05) is 18.2 Å². The molecule has 220 valence electrons. The molecule has 0 amide bonds. The van der Waals surface area contributed by atoms with E-state index in [1.807, 2.05) is 0 Å². The van der Waals surface area contributed by atoms with Crippen molar-refractivity contribution in [3.8, 4) is 11.3 Å². The SMILES string of the molecule is COC(=O)c1c(C[N+]2(C3CCNCC3)CCCCC2)c(-c2cccc(C(F)(F)F)c2)nc2cc(S(C)(=O)=O)ccc12. The van der Waals surface area contributed by atoms with Gasteiger partial charge in [0.15, 0.2) is 9.84 Å². The standard InChI is InChI=1S/C30H35F3N3O4S/c1-40-29(37)27-24-10-9-23(41(2,38)39)18-26(24)35-28(20-7-6-8-21(17-20)30(31,32)33)25(27)19-36(15-4-3-5-16-36)22-11-13-34-14-12-22/h6-10,17-18,22,34H,3-5,11-16,19H2,1-2H3/q+1. The number of alkyl halides is 3. The zero-order valence-corrected chi connectivity index (χ0v) is 24.1. The number of fused-ring (bicyclic) bond motifs is 1. The zero-order chi connectivity index (χ0) is 29.4. The average molecular weight is 591 g/mol. The van der Waals surface area contributed by atoms with Crippen molar-refractivity contribution in [2.24, 2.45) is 0 Å². The number of piperidine rings is 2. The first kappa shape index (κ1) is 29.5. The number of likely N-dealkylation sites (tertiary alicyclic amines) is 1. The molecule has 0 spiro atoms. The van der Waals surface area contributed by atoms with Crippen molar-refractivity contribution in [3.05, 3.63) is 59.2 Å². The maximum atomic E-state index is 13.8. The molecule has 0 atom stereocenters. The van der Waals surface area contributed by atoms with E-state index in [4.69, 9.17) is 9.72 Å². The highest BCUT2D eigenvalue weighted by atomic mass is 32.2. The van der Waals surface area contributed by atoms with Gasteiger partial charge in [-0.25, -0.2) is 18.2 Å². The second-order valence-corrected chi connectivity index (χ2v) is 13.2. The van der Waals surface area contributed by atoms with Gasteiger partial charge in [-0.2, -0.15) is 13.2 Å². The number of carbonyl (C=O) groups is 1. The summed E-state index contributed by atoms with van der Waals surface area (Å²) in [6, 6.07) is 9.62. The van der Waals surface area contributed by atoms with Gasteiger partial charge in [0, 0.05) is 48.7 Å². The molecule has 7 nitrogen and oxygen atoms in total. The third kappa shape index (κ3) is 5.98. The highest BCUT2D eigenvalue weighted by molar-refractivity contribution is 7.90. The number of hydrogen-bond donors (Lipinski definition) is 1. The molecular formula is C30H35F3N3O4S+. The van der Waals surface area contributed by atoms with Crippen LogP contribution >= 0.6 is 0 Å². The molecule has 1 aromatic heterocycles. The second kappa shape index (κ2) is 11.3. The van der Waals surface area contributed by atoms with Crippen molar-refractivity contribution in [1.29, 1.82) is 0 Å². The quantitative estimate of drug-likeness (QED) is 0.307. The van der Waals surface area contributed by atoms with Crippen LogP contribution < -0.4 is 5.32 Å². The summed E-state index contributed by atoms with van der Waals surface area (Å²) in [5.41, 5.74) is 0.598. The summed E-state index contributed by atoms with van der Waals surface area (Å²) in [5.74, 6) is -0.631. The van der Waals surface area contributed by atoms with Crippen molar-refractivity contribution in [1.82, 2.24) is 10.3 Å². The number of quaternary nitrogens is 1. The Morgan fingerprint density at radius 3 is 2.41 bits per heavy atom. The Morgan fingerprint density at radius 1 is 1.07 bits per heavy atom. The lowest BCUT2D eigenvalue weighted by atomic mass is 9.91. The van der Waals surface area contributed by atoms with E-state index < -0.39 is 27.5 Å². The molecule has 11 heteroatoms. The minimum atomic E-state index is -4.57. The molecule has 1 N–H and O–H groups in total. The van der Waals surface area contributed by atoms with Gasteiger partial charge in [-0.15, -0.1) is 0 Å². The van der Waals surface area contributed by atoms with Gasteiger partial charge < -0.3 is 14.5 Å². The number of halogens is 3. The van der Waals surface area contributed by atoms with Gasteiger partial charge >= 0.3 is 12.1 Å². The van der Waals surface area contributed by atoms with Crippen LogP contribution in [-0.4, -0.2) is 69.4 Å². The van der Waals surface area contributed by atoms with Gasteiger partial charge in [-0.05, 0) is 43.5 Å². The molecular weight excluding hydrogens is 555 g/mol. The summed E-state index contributed by atoms with van der Waals surface area (Å²) in [6.45, 7) is 3.99. The number of nitrogens with zero attached hydrogens (tertiary/aromatic N) is 2. The van der Waals surface area contributed by atoms with Crippen molar-refractivity contribution in [3.63, 3.8) is 0 Å². The number of nitrogens with one attached hydrogen (secondary N) is 1. The van der Waals surface area contributed by atoms with Crippen LogP contribution in [0.1, 0.15) is 53.6 Å². The molecule has 2 aliphatic rings. The Balaban J connectivity index is 1.81. The fourth-order valence-corrected chi connectivity index (χ4v) is 7.19. The summed E-state index contributed by atoms with van der Waals surface area (Å²) in [6.07, 6.45) is 1.58. The van der Waals surface area contributed by atoms with Crippen molar-refractivity contribution >= 4 is 26.7 Å². The number of aromatic nitrogens is 1. The first-order valence-corrected chi connectivity index (χ1v) is 15.8. The van der Waals surface area contributed by atoms with Crippen molar-refractivity contribution < 1.29 is 35.6 Å². The predicted octanol–water partition coefficient (Wildman–Crippen LogP) is 5.36. The third-order valence-corrected chi connectivity index (χ3v) is 9.71. The molecule has 0 unspecified atom stereocenters. The molecule has 2 saturated heterocycles. The van der Waals surface area contributed by atoms with Gasteiger partial charge in [0.2, 0.25) is 0 Å². The molecule has 0 radical (unpaired) electrons. The lowest BCUT2D eigenvalue weighted by Gasteiger charge is -2.49. The van der Waals surface area contributed by atoms with E-state index in [2.05, 4.69) is 5.32 Å². The van der Waals surface area contributed by atoms with Crippen molar-refractivity contribution in [2.45, 2.75) is 55.8 Å². The monoisotopic (exact) mass is 590 g/mol. The summed E-state index contributed by atoms with van der Waals surface area (Å²) < 4.78 is 72.0. The topological polar surface area (TPSA) is 85.4 Å². The molecule has 0 saturated carbocycles. The lowest BCUT2D eigenvalue weighted by molar-refractivity contribution is -0.968. The summed E-state index contributed by atoms with van der Waals surface area (Å²) in [7, 11) is -2.34. The zero-order valence-electron chi connectivity index (χ0n) is 23.3. The van der Waals surface area contributed by atoms with Crippen LogP contribution in [0.3, 0.4) is 0 Å². The number of esters is 1. The van der Waals surface area contributed by atoms with Crippen LogP contribution in [0.25, 0.3) is 22.2 Å². The third-order valence-electron chi connectivity index (χ3n) is 8.60. The number of sulfone groups is 1. The Bertz CT molecular complexity index is 1560. The fourth-order valence-electron chi connectivity index (χ4n) is 6.55. The number of ether oxygens (including phenoxy) is 1. The highest BCUT2D eigenvalue weighted by Crippen LogP contribution is 2.39. The van der Waals surface area contributed by atoms with Gasteiger partial charge in [-0.3, -0.25) is 0 Å². The highest BCUT2D eigenvalue weighted by Gasteiger charge is 2.41. The van der Waals surface area contributed by atoms with E-state index in [0.29, 0.717) is 23.5 Å². The number of carbonyl (C=O) groups excluding carboxylic acids is 1. The van der Waals surface area contributed by atoms with Crippen LogP contribution in [0.5, 0.6) is 0 Å². The average Bonchev–Trinajstić information content (AvgIpc) is 2.96. The minimum Gasteiger partial charge on any atom is -0.465 e. The first-order valence-electron chi connectivity index (χ1n) is 13.9. The van der Waals surface area contributed by atoms with Gasteiger partial charge in [0.1, 0.15) is 6.54 Å². The molecule has 3 heterocycles.